The van der Waals surface area contributed by atoms with E-state index in [1.165, 1.54) is 0 Å². The molecular weight excluding hydrogens is 352 g/mol. The topological polar surface area (TPSA) is 79.4 Å². The van der Waals surface area contributed by atoms with Crippen LogP contribution in [0.15, 0.2) is 59.7 Å². The number of nitrogens with zero attached hydrogens (tertiary/aromatic N) is 2. The number of benzene rings is 2. The molecule has 1 amide bonds. The Bertz CT molecular complexity index is 948. The fourth-order valence-electron chi connectivity index (χ4n) is 2.34. The van der Waals surface area contributed by atoms with E-state index in [-0.39, 0.29) is 5.91 Å². The van der Waals surface area contributed by atoms with E-state index >= 15 is 0 Å². The molecule has 132 valence electrons. The van der Waals surface area contributed by atoms with Crippen molar-refractivity contribution in [2.24, 2.45) is 5.10 Å². The summed E-state index contributed by atoms with van der Waals surface area (Å²) in [5.41, 5.74) is 5.72. The number of hydrazone groups is 1. The Kier molecular flexibility index (Phi) is 5.34. The number of hydrogen-bond acceptors (Lipinski definition) is 4. The first-order valence-electron chi connectivity index (χ1n) is 7.88. The zero-order valence-corrected chi connectivity index (χ0v) is 15.0. The van der Waals surface area contributed by atoms with Crippen LogP contribution >= 0.6 is 11.6 Å². The molecule has 0 aliphatic carbocycles. The van der Waals surface area contributed by atoms with E-state index in [9.17, 15) is 4.79 Å². The number of carbonyl (C=O) groups is 1. The molecule has 2 N–H and O–H groups in total. The summed E-state index contributed by atoms with van der Waals surface area (Å²) in [6.45, 7) is 1.81. The van der Waals surface area contributed by atoms with E-state index in [1.807, 2.05) is 49.4 Å². The minimum atomic E-state index is -0.385. The SMILES string of the molecule is COc1ccc(/C(C)=N\NC(=O)c2cc(-c3ccccc3Cl)n[nH]2)cc1. The molecule has 0 spiro atoms. The quantitative estimate of drug-likeness (QED) is 0.529. The lowest BCUT2D eigenvalue weighted by molar-refractivity contribution is 0.0950. The van der Waals surface area contributed by atoms with Crippen LogP contribution in [0.3, 0.4) is 0 Å². The monoisotopic (exact) mass is 368 g/mol. The van der Waals surface area contributed by atoms with Crippen LogP contribution in [0.25, 0.3) is 11.3 Å². The van der Waals surface area contributed by atoms with Gasteiger partial charge < -0.3 is 4.74 Å². The molecule has 0 aliphatic heterocycles. The molecule has 0 aliphatic rings. The van der Waals surface area contributed by atoms with Gasteiger partial charge in [-0.15, -0.1) is 0 Å². The van der Waals surface area contributed by atoms with Crippen LogP contribution in [-0.2, 0) is 0 Å². The van der Waals surface area contributed by atoms with Gasteiger partial charge in [0.15, 0.2) is 0 Å². The molecule has 26 heavy (non-hydrogen) atoms. The fraction of sp³-hybridized carbons (Fsp3) is 0.105. The van der Waals surface area contributed by atoms with E-state index in [0.29, 0.717) is 22.1 Å². The smallest absolute Gasteiger partial charge is 0.289 e. The molecule has 1 aromatic heterocycles. The number of hydrogen-bond donors (Lipinski definition) is 2. The van der Waals surface area contributed by atoms with Crippen molar-refractivity contribution in [1.82, 2.24) is 15.6 Å². The first-order chi connectivity index (χ1) is 12.6. The predicted octanol–water partition coefficient (Wildman–Crippen LogP) is 3.89. The highest BCUT2D eigenvalue weighted by molar-refractivity contribution is 6.33. The number of rotatable bonds is 5. The van der Waals surface area contributed by atoms with Crippen LogP contribution in [0.2, 0.25) is 5.02 Å². The molecule has 7 heteroatoms. The lowest BCUT2D eigenvalue weighted by Crippen LogP contribution is -2.19. The molecule has 0 atom stereocenters. The second-order valence-corrected chi connectivity index (χ2v) is 5.92. The van der Waals surface area contributed by atoms with Crippen LogP contribution in [0, 0.1) is 0 Å². The number of amides is 1. The van der Waals surface area contributed by atoms with Crippen LogP contribution in [0.4, 0.5) is 0 Å². The number of halogens is 1. The van der Waals surface area contributed by atoms with Crippen molar-refractivity contribution in [3.8, 4) is 17.0 Å². The standard InChI is InChI=1S/C19H17ClN4O2/c1-12(13-7-9-14(26-2)10-8-13)21-24-19(25)18-11-17(22-23-18)15-5-3-4-6-16(15)20/h3-11H,1-2H3,(H,22,23)(H,24,25)/b21-12-. The highest BCUT2D eigenvalue weighted by atomic mass is 35.5. The Morgan fingerprint density at radius 2 is 1.92 bits per heavy atom. The molecule has 6 nitrogen and oxygen atoms in total. The first-order valence-corrected chi connectivity index (χ1v) is 8.25. The normalized spacial score (nSPS) is 11.3. The zero-order chi connectivity index (χ0) is 18.5. The van der Waals surface area contributed by atoms with Gasteiger partial charge in [0.2, 0.25) is 0 Å². The molecule has 1 heterocycles. The minimum absolute atomic E-state index is 0.297. The third-order valence-electron chi connectivity index (χ3n) is 3.81. The van der Waals surface area contributed by atoms with Crippen LogP contribution in [-0.4, -0.2) is 28.9 Å². The number of nitrogens with one attached hydrogen (secondary N) is 2. The minimum Gasteiger partial charge on any atom is -0.497 e. The summed E-state index contributed by atoms with van der Waals surface area (Å²) in [7, 11) is 1.61. The molecule has 0 saturated carbocycles. The molecule has 0 saturated heterocycles. The van der Waals surface area contributed by atoms with Crippen molar-refractivity contribution in [3.63, 3.8) is 0 Å². The molecule has 3 rings (SSSR count). The lowest BCUT2D eigenvalue weighted by Gasteiger charge is -2.03. The molecule has 0 bridgehead atoms. The summed E-state index contributed by atoms with van der Waals surface area (Å²) in [4.78, 5) is 12.3. The molecule has 0 radical (unpaired) electrons. The molecule has 0 unspecified atom stereocenters. The highest BCUT2D eigenvalue weighted by Crippen LogP contribution is 2.26. The van der Waals surface area contributed by atoms with Crippen molar-refractivity contribution in [1.29, 1.82) is 0 Å². The maximum Gasteiger partial charge on any atom is 0.289 e. The van der Waals surface area contributed by atoms with Crippen molar-refractivity contribution < 1.29 is 9.53 Å². The van der Waals surface area contributed by atoms with Gasteiger partial charge in [-0.25, -0.2) is 5.43 Å². The third-order valence-corrected chi connectivity index (χ3v) is 4.13. The number of aromatic amines is 1. The van der Waals surface area contributed by atoms with Gasteiger partial charge in [-0.2, -0.15) is 10.2 Å². The number of ether oxygens (including phenoxy) is 1. The maximum atomic E-state index is 12.3. The Hall–Kier alpha value is -3.12. The van der Waals surface area contributed by atoms with Gasteiger partial charge in [0.25, 0.3) is 5.91 Å². The largest absolute Gasteiger partial charge is 0.497 e. The van der Waals surface area contributed by atoms with Crippen molar-refractivity contribution in [2.45, 2.75) is 6.92 Å². The van der Waals surface area contributed by atoms with Crippen LogP contribution < -0.4 is 10.2 Å². The Labute approximate surface area is 155 Å². The van der Waals surface area contributed by atoms with Gasteiger partial charge >= 0.3 is 0 Å². The lowest BCUT2D eigenvalue weighted by atomic mass is 10.1. The number of H-pyrrole nitrogens is 1. The maximum absolute atomic E-state index is 12.3. The third kappa shape index (κ3) is 3.92. The molecule has 3 aromatic rings. The number of aromatic nitrogens is 2. The summed E-state index contributed by atoms with van der Waals surface area (Å²) in [5, 5.41) is 11.5. The van der Waals surface area contributed by atoms with Gasteiger partial charge in [0.05, 0.1) is 23.5 Å². The van der Waals surface area contributed by atoms with E-state index in [0.717, 1.165) is 16.9 Å². The van der Waals surface area contributed by atoms with Gasteiger partial charge in [-0.1, -0.05) is 29.8 Å². The Morgan fingerprint density at radius 1 is 1.19 bits per heavy atom. The van der Waals surface area contributed by atoms with Crippen molar-refractivity contribution in [3.05, 3.63) is 70.9 Å². The van der Waals surface area contributed by atoms with Gasteiger partial charge in [-0.3, -0.25) is 9.89 Å². The summed E-state index contributed by atoms with van der Waals surface area (Å²) in [6, 6.07) is 16.3. The zero-order valence-electron chi connectivity index (χ0n) is 14.3. The number of methoxy groups -OCH3 is 1. The summed E-state index contributed by atoms with van der Waals surface area (Å²) >= 11 is 6.15. The second kappa shape index (κ2) is 7.84. The van der Waals surface area contributed by atoms with Gasteiger partial charge in [0, 0.05) is 5.56 Å². The molecular formula is C19H17ClN4O2. The summed E-state index contributed by atoms with van der Waals surface area (Å²) < 4.78 is 5.12. The van der Waals surface area contributed by atoms with Crippen LogP contribution in [0.5, 0.6) is 5.75 Å². The number of carbonyl (C=O) groups excluding carboxylic acids is 1. The van der Waals surface area contributed by atoms with Crippen molar-refractivity contribution in [2.75, 3.05) is 7.11 Å². The summed E-state index contributed by atoms with van der Waals surface area (Å²) in [6.07, 6.45) is 0. The molecule has 2 aromatic carbocycles. The highest BCUT2D eigenvalue weighted by Gasteiger charge is 2.12. The van der Waals surface area contributed by atoms with Crippen LogP contribution in [0.1, 0.15) is 23.0 Å². The van der Waals surface area contributed by atoms with E-state index in [4.69, 9.17) is 16.3 Å². The second-order valence-electron chi connectivity index (χ2n) is 5.51. The summed E-state index contributed by atoms with van der Waals surface area (Å²) in [5.74, 6) is 0.374. The van der Waals surface area contributed by atoms with E-state index in [1.54, 1.807) is 19.2 Å². The predicted molar refractivity (Wildman–Crippen MR) is 102 cm³/mol. The average Bonchev–Trinajstić information content (AvgIpc) is 3.16. The first kappa shape index (κ1) is 17.7. The molecule has 0 fully saturated rings. The van der Waals surface area contributed by atoms with Crippen molar-refractivity contribution >= 4 is 23.2 Å². The Morgan fingerprint density at radius 3 is 2.62 bits per heavy atom. The van der Waals surface area contributed by atoms with Gasteiger partial charge in [0.1, 0.15) is 11.4 Å². The Balaban J connectivity index is 1.71. The van der Waals surface area contributed by atoms with E-state index < -0.39 is 0 Å². The van der Waals surface area contributed by atoms with Gasteiger partial charge in [-0.05, 0) is 48.9 Å². The average molecular weight is 369 g/mol. The van der Waals surface area contributed by atoms with E-state index in [2.05, 4.69) is 20.7 Å². The fourth-order valence-corrected chi connectivity index (χ4v) is 2.57.